The minimum atomic E-state index is 0.432. The van der Waals surface area contributed by atoms with Crippen LogP contribution in [0.5, 0.6) is 0 Å². The highest BCUT2D eigenvalue weighted by Crippen LogP contribution is 2.39. The maximum atomic E-state index is 6.59. The van der Waals surface area contributed by atoms with Crippen molar-refractivity contribution in [3.8, 4) is 91.2 Å². The number of nitrogens with zero attached hydrogens (tertiary/aromatic N) is 10. The van der Waals surface area contributed by atoms with Gasteiger partial charge in [0.05, 0.1) is 22.1 Å². The summed E-state index contributed by atoms with van der Waals surface area (Å²) >= 11 is 0. The first-order valence-electron chi connectivity index (χ1n) is 26.3. The Morgan fingerprint density at radius 3 is 1.15 bits per heavy atom. The molecule has 15 rings (SSSR count). The number of benzene rings is 9. The fourth-order valence-corrected chi connectivity index (χ4v) is 10.9. The molecular weight excluding hydrogens is 973 g/mol. The molecule has 0 radical (unpaired) electrons. The standard InChI is InChI=1S/C68H44N10O/c1-5-19-43(20-6-1)61-69-62(44-21-7-2-8-22-44)72-65(71-61)47-27-17-29-51(39-47)77-57-33-15-13-31-53(57)55-41-49(35-37-59(55)77)67-75-76-68(79-67)50-36-38-60-56(42-50)54-32-14-16-34-58(54)78(60)52-30-18-28-48(40-52)66-73-63(45-23-9-3-10-24-45)70-64(74-66)46-25-11-4-12-26-46/h1-11,13-25,27-42H,12,26H2. The molecule has 1 aliphatic carbocycles. The van der Waals surface area contributed by atoms with Crippen molar-refractivity contribution in [3.63, 3.8) is 0 Å². The van der Waals surface area contributed by atoms with Crippen LogP contribution >= 0.6 is 0 Å². The van der Waals surface area contributed by atoms with Gasteiger partial charge in [0.15, 0.2) is 34.9 Å². The van der Waals surface area contributed by atoms with Crippen LogP contribution in [-0.4, -0.2) is 49.2 Å². The van der Waals surface area contributed by atoms with E-state index in [1.54, 1.807) is 0 Å². The molecule has 0 saturated carbocycles. The van der Waals surface area contributed by atoms with Gasteiger partial charge in [-0.2, -0.15) is 0 Å². The third kappa shape index (κ3) is 8.25. The van der Waals surface area contributed by atoms with E-state index in [0.29, 0.717) is 46.7 Å². The maximum Gasteiger partial charge on any atom is 0.248 e. The smallest absolute Gasteiger partial charge is 0.248 e. The molecule has 0 N–H and O–H groups in total. The molecule has 9 aromatic carbocycles. The minimum absolute atomic E-state index is 0.432. The SMILES string of the molecule is C1=CCCC(c2nc(-c3ccccc3)nc(-c3cccc(-n4c5ccccc5c5cc(-c6nnc(-c7ccc8c(c7)c7ccccc7n8-c7cccc(-c8nc(-c9ccccc9)nc(-c9ccccc9)n8)c7)o6)ccc54)c3)n2)=C1. The second kappa shape index (κ2) is 19.1. The zero-order valence-electron chi connectivity index (χ0n) is 42.4. The van der Waals surface area contributed by atoms with Crippen molar-refractivity contribution >= 4 is 49.2 Å². The molecule has 5 heterocycles. The van der Waals surface area contributed by atoms with Crippen molar-refractivity contribution in [1.29, 1.82) is 0 Å². The number of hydrogen-bond donors (Lipinski definition) is 0. The third-order valence-corrected chi connectivity index (χ3v) is 14.7. The maximum absolute atomic E-state index is 6.59. The average molecular weight is 1020 g/mol. The first kappa shape index (κ1) is 45.6. The molecule has 14 aromatic rings. The van der Waals surface area contributed by atoms with Crippen molar-refractivity contribution in [2.24, 2.45) is 0 Å². The Hall–Kier alpha value is -10.8. The molecule has 0 atom stereocenters. The predicted molar refractivity (Wildman–Crippen MR) is 314 cm³/mol. The number of hydrogen-bond acceptors (Lipinski definition) is 9. The zero-order valence-corrected chi connectivity index (χ0v) is 42.4. The lowest BCUT2D eigenvalue weighted by molar-refractivity contribution is 0.585. The first-order valence-corrected chi connectivity index (χ1v) is 26.3. The molecule has 11 nitrogen and oxygen atoms in total. The van der Waals surface area contributed by atoms with Crippen LogP contribution in [0, 0.1) is 0 Å². The molecule has 0 fully saturated rings. The van der Waals surface area contributed by atoms with E-state index in [4.69, 9.17) is 34.3 Å². The molecule has 0 unspecified atom stereocenters. The Labute approximate surface area is 453 Å². The van der Waals surface area contributed by atoms with Gasteiger partial charge in [-0.3, -0.25) is 0 Å². The van der Waals surface area contributed by atoms with Crippen molar-refractivity contribution in [3.05, 3.63) is 249 Å². The van der Waals surface area contributed by atoms with E-state index in [2.05, 4.69) is 171 Å². The fraction of sp³-hybridized carbons (Fsp3) is 0.0294. The Morgan fingerprint density at radius 2 is 0.709 bits per heavy atom. The molecule has 5 aromatic heterocycles. The normalized spacial score (nSPS) is 12.5. The van der Waals surface area contributed by atoms with Gasteiger partial charge in [0.1, 0.15) is 0 Å². The highest BCUT2D eigenvalue weighted by atomic mass is 16.4. The lowest BCUT2D eigenvalue weighted by Gasteiger charge is -2.13. The largest absolute Gasteiger partial charge is 0.416 e. The summed E-state index contributed by atoms with van der Waals surface area (Å²) in [7, 11) is 0. The van der Waals surface area contributed by atoms with Gasteiger partial charge in [-0.1, -0.05) is 170 Å². The molecule has 372 valence electrons. The van der Waals surface area contributed by atoms with Gasteiger partial charge in [-0.05, 0) is 91.2 Å². The van der Waals surface area contributed by atoms with Crippen LogP contribution in [0.3, 0.4) is 0 Å². The summed E-state index contributed by atoms with van der Waals surface area (Å²) in [4.78, 5) is 30.1. The van der Waals surface area contributed by atoms with E-state index in [1.165, 1.54) is 0 Å². The van der Waals surface area contributed by atoms with Crippen LogP contribution in [-0.2, 0) is 0 Å². The van der Waals surface area contributed by atoms with E-state index in [0.717, 1.165) is 112 Å². The number of aromatic nitrogens is 10. The van der Waals surface area contributed by atoms with Crippen molar-refractivity contribution < 1.29 is 4.42 Å². The van der Waals surface area contributed by atoms with Crippen molar-refractivity contribution in [2.75, 3.05) is 0 Å². The van der Waals surface area contributed by atoms with E-state index < -0.39 is 0 Å². The topological polar surface area (TPSA) is 126 Å². The Morgan fingerprint density at radius 1 is 0.316 bits per heavy atom. The summed E-state index contributed by atoms with van der Waals surface area (Å²) in [5.74, 6) is 4.66. The molecule has 79 heavy (non-hydrogen) atoms. The Bertz CT molecular complexity index is 4670. The fourth-order valence-electron chi connectivity index (χ4n) is 10.9. The monoisotopic (exact) mass is 1020 g/mol. The number of rotatable bonds is 10. The second-order valence-electron chi connectivity index (χ2n) is 19.6. The van der Waals surface area contributed by atoms with E-state index >= 15 is 0 Å². The zero-order chi connectivity index (χ0) is 52.2. The molecule has 11 heteroatoms. The summed E-state index contributed by atoms with van der Waals surface area (Å²) in [6.45, 7) is 0. The summed E-state index contributed by atoms with van der Waals surface area (Å²) < 4.78 is 11.2. The van der Waals surface area contributed by atoms with Gasteiger partial charge in [-0.15, -0.1) is 10.2 Å². The van der Waals surface area contributed by atoms with Gasteiger partial charge < -0.3 is 13.6 Å². The average Bonchev–Trinajstić information content (AvgIpc) is 4.40. The summed E-state index contributed by atoms with van der Waals surface area (Å²) in [6, 6.07) is 76.7. The summed E-state index contributed by atoms with van der Waals surface area (Å²) in [5.41, 5.74) is 13.5. The Balaban J connectivity index is 0.773. The lowest BCUT2D eigenvalue weighted by Crippen LogP contribution is -2.04. The molecular formula is C68H44N10O. The molecule has 0 amide bonds. The Kier molecular flexibility index (Phi) is 11.0. The molecule has 0 aliphatic heterocycles. The predicted octanol–water partition coefficient (Wildman–Crippen LogP) is 16.0. The highest BCUT2D eigenvalue weighted by Gasteiger charge is 2.21. The van der Waals surface area contributed by atoms with Crippen LogP contribution in [0.25, 0.3) is 140 Å². The van der Waals surface area contributed by atoms with Crippen LogP contribution in [0.4, 0.5) is 0 Å². The van der Waals surface area contributed by atoms with Crippen LogP contribution in [0.2, 0.25) is 0 Å². The molecule has 0 spiro atoms. The molecule has 0 saturated heterocycles. The molecule has 0 bridgehead atoms. The van der Waals surface area contributed by atoms with Crippen LogP contribution < -0.4 is 0 Å². The van der Waals surface area contributed by atoms with E-state index in [1.807, 2.05) is 91.0 Å². The van der Waals surface area contributed by atoms with Gasteiger partial charge in [0.2, 0.25) is 11.8 Å². The number of allylic oxidation sites excluding steroid dienone is 4. The third-order valence-electron chi connectivity index (χ3n) is 14.7. The van der Waals surface area contributed by atoms with Crippen molar-refractivity contribution in [1.82, 2.24) is 49.2 Å². The highest BCUT2D eigenvalue weighted by molar-refractivity contribution is 6.11. The number of fused-ring (bicyclic) bond motifs is 6. The quantitative estimate of drug-likeness (QED) is 0.132. The van der Waals surface area contributed by atoms with Crippen LogP contribution in [0.15, 0.2) is 247 Å². The van der Waals surface area contributed by atoms with Gasteiger partial charge in [0, 0.05) is 71.9 Å². The van der Waals surface area contributed by atoms with Crippen LogP contribution in [0.1, 0.15) is 18.7 Å². The molecule has 1 aliphatic rings. The second-order valence-corrected chi connectivity index (χ2v) is 19.6. The number of para-hydroxylation sites is 2. The van der Waals surface area contributed by atoms with Gasteiger partial charge in [-0.25, -0.2) is 29.9 Å². The van der Waals surface area contributed by atoms with E-state index in [-0.39, 0.29) is 0 Å². The van der Waals surface area contributed by atoms with E-state index in [9.17, 15) is 0 Å². The minimum Gasteiger partial charge on any atom is -0.416 e. The van der Waals surface area contributed by atoms with Gasteiger partial charge >= 0.3 is 0 Å². The van der Waals surface area contributed by atoms with Gasteiger partial charge in [0.25, 0.3) is 0 Å². The lowest BCUT2D eigenvalue weighted by atomic mass is 10.0. The van der Waals surface area contributed by atoms with Crippen molar-refractivity contribution in [2.45, 2.75) is 12.8 Å². The first-order chi connectivity index (χ1) is 39.1. The summed E-state index contributed by atoms with van der Waals surface area (Å²) in [5, 5.41) is 13.6. The summed E-state index contributed by atoms with van der Waals surface area (Å²) in [6.07, 6.45) is 8.20.